The van der Waals surface area contributed by atoms with Crippen molar-refractivity contribution >= 4 is 12.2 Å². The lowest BCUT2D eigenvalue weighted by atomic mass is 9.63. The van der Waals surface area contributed by atoms with Gasteiger partial charge in [0.1, 0.15) is 23.3 Å². The Balaban J connectivity index is 1.01. The van der Waals surface area contributed by atoms with Gasteiger partial charge in [-0.1, -0.05) is 24.3 Å². The first-order chi connectivity index (χ1) is 23.8. The maximum atomic E-state index is 12.9. The molecule has 5 aliphatic rings. The minimum absolute atomic E-state index is 0.226. The van der Waals surface area contributed by atoms with E-state index >= 15 is 0 Å². The van der Waals surface area contributed by atoms with Gasteiger partial charge < -0.3 is 18.3 Å². The van der Waals surface area contributed by atoms with Gasteiger partial charge in [-0.3, -0.25) is 9.80 Å². The number of carbonyl (C=O) groups excluding carboxylic acids is 2. The average Bonchev–Trinajstić information content (AvgIpc) is 3.89. The van der Waals surface area contributed by atoms with Crippen LogP contribution in [0, 0.1) is 0 Å². The molecule has 2 bridgehead atoms. The fourth-order valence-electron chi connectivity index (χ4n) is 8.26. The molecule has 50 heavy (non-hydrogen) atoms. The molecule has 3 aliphatic carbocycles. The third-order valence-corrected chi connectivity index (χ3v) is 10.4. The van der Waals surface area contributed by atoms with Gasteiger partial charge in [-0.05, 0) is 114 Å². The fourth-order valence-corrected chi connectivity index (χ4v) is 8.26. The van der Waals surface area contributed by atoms with Gasteiger partial charge in [0.25, 0.3) is 0 Å². The third kappa shape index (κ3) is 5.96. The molecule has 2 amide bonds. The number of likely N-dealkylation sites (tertiary alicyclic amines) is 2. The minimum Gasteiger partial charge on any atom is -0.444 e. The lowest BCUT2D eigenvalue weighted by Gasteiger charge is -2.40. The lowest BCUT2D eigenvalue weighted by Crippen LogP contribution is -2.36. The van der Waals surface area contributed by atoms with E-state index in [-0.39, 0.29) is 24.3 Å². The van der Waals surface area contributed by atoms with Gasteiger partial charge in [-0.2, -0.15) is 0 Å². The van der Waals surface area contributed by atoms with Gasteiger partial charge in [0.05, 0.1) is 12.4 Å². The normalized spacial score (nSPS) is 22.8. The van der Waals surface area contributed by atoms with E-state index in [0.29, 0.717) is 48.2 Å². The first-order valence-electron chi connectivity index (χ1n) is 18.0. The fraction of sp³-hybridized carbons (Fsp3) is 0.500. The SMILES string of the molecule is CC(C)(C)OC(=O)N1CCC[C@H]1c1ncc(-c2ccc3c(c2)C2CCC3c3cc(-c4cnc([C@@H]5CCCN5C(=O)OC(C)(C)C)o4)ccc32)o1. The molecule has 10 nitrogen and oxygen atoms in total. The van der Waals surface area contributed by atoms with Crippen molar-refractivity contribution in [3.63, 3.8) is 0 Å². The van der Waals surface area contributed by atoms with Crippen molar-refractivity contribution in [2.75, 3.05) is 13.1 Å². The predicted molar refractivity (Wildman–Crippen MR) is 187 cm³/mol. The van der Waals surface area contributed by atoms with Crippen molar-refractivity contribution in [1.82, 2.24) is 19.8 Å². The summed E-state index contributed by atoms with van der Waals surface area (Å²) in [5.74, 6) is 3.13. The molecule has 2 aliphatic heterocycles. The first kappa shape index (κ1) is 32.6. The van der Waals surface area contributed by atoms with E-state index in [4.69, 9.17) is 18.3 Å². The van der Waals surface area contributed by atoms with E-state index < -0.39 is 11.2 Å². The molecule has 4 aromatic rings. The quantitative estimate of drug-likeness (QED) is 0.210. The van der Waals surface area contributed by atoms with Gasteiger partial charge in [-0.15, -0.1) is 0 Å². The Hall–Kier alpha value is -4.60. The van der Waals surface area contributed by atoms with Crippen LogP contribution in [-0.4, -0.2) is 56.2 Å². The largest absolute Gasteiger partial charge is 0.444 e. The Morgan fingerprint density at radius 3 is 1.46 bits per heavy atom. The van der Waals surface area contributed by atoms with E-state index in [0.717, 1.165) is 49.7 Å². The number of fused-ring (bicyclic) bond motifs is 1. The molecule has 0 N–H and O–H groups in total. The van der Waals surface area contributed by atoms with Crippen LogP contribution in [0.1, 0.15) is 138 Å². The van der Waals surface area contributed by atoms with Crippen LogP contribution in [0.3, 0.4) is 0 Å². The van der Waals surface area contributed by atoms with Crippen molar-refractivity contribution in [1.29, 1.82) is 0 Å². The van der Waals surface area contributed by atoms with Crippen LogP contribution in [0.2, 0.25) is 0 Å². The van der Waals surface area contributed by atoms with E-state index in [1.807, 2.05) is 41.5 Å². The maximum absolute atomic E-state index is 12.9. The molecule has 2 fully saturated rings. The van der Waals surface area contributed by atoms with Crippen LogP contribution < -0.4 is 0 Å². The second-order valence-corrected chi connectivity index (χ2v) is 16.2. The van der Waals surface area contributed by atoms with Crippen LogP contribution in [-0.2, 0) is 9.47 Å². The summed E-state index contributed by atoms with van der Waals surface area (Å²) in [5.41, 5.74) is 6.29. The standard InChI is InChI=1S/C40H46N4O6/c1-39(2,3)49-37(45)43-17-7-9-31(43)35-41-21-33(47-35)23-11-13-25-28-16-15-27(29(25)19-23)26-14-12-24(20-30(26)28)34-22-42-36(48-34)32-10-8-18-44(32)38(46)50-40(4,5)6/h11-14,19-22,27-28,31-32H,7-10,15-18H2,1-6H3/t27?,28?,31-,32-/m0/s1. The Bertz CT molecular complexity index is 1810. The molecule has 4 heterocycles. The number of nitrogens with zero attached hydrogens (tertiary/aromatic N) is 4. The predicted octanol–water partition coefficient (Wildman–Crippen LogP) is 9.51. The smallest absolute Gasteiger partial charge is 0.410 e. The molecule has 2 saturated heterocycles. The summed E-state index contributed by atoms with van der Waals surface area (Å²) in [6, 6.07) is 12.9. The highest BCUT2D eigenvalue weighted by Gasteiger charge is 2.40. The van der Waals surface area contributed by atoms with Crippen molar-refractivity contribution in [2.45, 2.75) is 115 Å². The number of benzene rings is 2. The maximum Gasteiger partial charge on any atom is 0.410 e. The van der Waals surface area contributed by atoms with E-state index in [1.54, 1.807) is 22.2 Å². The molecule has 262 valence electrons. The number of oxazole rings is 2. The van der Waals surface area contributed by atoms with Crippen LogP contribution in [0.5, 0.6) is 0 Å². The second-order valence-electron chi connectivity index (χ2n) is 16.2. The number of hydrogen-bond acceptors (Lipinski definition) is 8. The zero-order chi connectivity index (χ0) is 34.9. The number of amides is 2. The Morgan fingerprint density at radius 1 is 0.640 bits per heavy atom. The molecule has 0 radical (unpaired) electrons. The summed E-state index contributed by atoms with van der Waals surface area (Å²) in [5, 5.41) is 0. The first-order valence-corrected chi connectivity index (χ1v) is 18.0. The highest BCUT2D eigenvalue weighted by molar-refractivity contribution is 5.70. The molecule has 0 spiro atoms. The molecule has 2 aromatic heterocycles. The van der Waals surface area contributed by atoms with Crippen molar-refractivity contribution in [3.05, 3.63) is 82.8 Å². The zero-order valence-electron chi connectivity index (χ0n) is 29.8. The monoisotopic (exact) mass is 678 g/mol. The van der Waals surface area contributed by atoms with E-state index in [9.17, 15) is 9.59 Å². The number of rotatable bonds is 4. The van der Waals surface area contributed by atoms with E-state index in [1.165, 1.54) is 22.3 Å². The van der Waals surface area contributed by atoms with Gasteiger partial charge in [0.15, 0.2) is 11.5 Å². The summed E-state index contributed by atoms with van der Waals surface area (Å²) in [6.45, 7) is 12.5. The second kappa shape index (κ2) is 12.0. The number of aromatic nitrogens is 2. The molecule has 10 heteroatoms. The summed E-state index contributed by atoms with van der Waals surface area (Å²) in [6.07, 6.45) is 8.47. The molecule has 4 atom stereocenters. The Labute approximate surface area is 293 Å². The summed E-state index contributed by atoms with van der Waals surface area (Å²) < 4.78 is 24.0. The average molecular weight is 679 g/mol. The highest BCUT2D eigenvalue weighted by Crippen LogP contribution is 2.54. The van der Waals surface area contributed by atoms with Crippen molar-refractivity contribution < 1.29 is 27.9 Å². The van der Waals surface area contributed by atoms with Gasteiger partial charge in [-0.25, -0.2) is 19.6 Å². The van der Waals surface area contributed by atoms with Crippen LogP contribution in [0.25, 0.3) is 22.6 Å². The van der Waals surface area contributed by atoms with Gasteiger partial charge in [0.2, 0.25) is 11.8 Å². The van der Waals surface area contributed by atoms with Crippen LogP contribution in [0.4, 0.5) is 9.59 Å². The topological polar surface area (TPSA) is 111 Å². The van der Waals surface area contributed by atoms with Crippen LogP contribution >= 0.6 is 0 Å². The summed E-state index contributed by atoms with van der Waals surface area (Å²) in [4.78, 5) is 38.5. The summed E-state index contributed by atoms with van der Waals surface area (Å²) >= 11 is 0. The molecule has 2 aromatic carbocycles. The van der Waals surface area contributed by atoms with Crippen molar-refractivity contribution in [2.24, 2.45) is 0 Å². The number of carbonyl (C=O) groups is 2. The number of hydrogen-bond donors (Lipinski definition) is 0. The van der Waals surface area contributed by atoms with E-state index in [2.05, 4.69) is 46.4 Å². The molecular formula is C40H46N4O6. The Kier molecular flexibility index (Phi) is 7.84. The number of ether oxygens (including phenoxy) is 2. The van der Waals surface area contributed by atoms with Gasteiger partial charge >= 0.3 is 12.2 Å². The Morgan fingerprint density at radius 2 is 1.06 bits per heavy atom. The molecule has 2 unspecified atom stereocenters. The zero-order valence-corrected chi connectivity index (χ0v) is 29.8. The molecular weight excluding hydrogens is 632 g/mol. The molecule has 9 rings (SSSR count). The summed E-state index contributed by atoms with van der Waals surface area (Å²) in [7, 11) is 0. The van der Waals surface area contributed by atoms with Gasteiger partial charge in [0, 0.05) is 36.1 Å². The van der Waals surface area contributed by atoms with Crippen LogP contribution in [0.15, 0.2) is 57.6 Å². The molecule has 0 saturated carbocycles. The van der Waals surface area contributed by atoms with Crippen molar-refractivity contribution in [3.8, 4) is 22.6 Å². The lowest BCUT2D eigenvalue weighted by molar-refractivity contribution is 0.0195. The third-order valence-electron chi connectivity index (χ3n) is 10.4. The minimum atomic E-state index is -0.559. The highest BCUT2D eigenvalue weighted by atomic mass is 16.6.